The molecule has 0 aromatic rings. The van der Waals surface area contributed by atoms with E-state index in [1.165, 1.54) is 271 Å². The van der Waals surface area contributed by atoms with Crippen LogP contribution in [0.3, 0.4) is 0 Å². The van der Waals surface area contributed by atoms with Gasteiger partial charge < -0.3 is 217 Å². The Morgan fingerprint density at radius 3 is 0.613 bits per heavy atom. The molecule has 0 spiro atoms. The van der Waals surface area contributed by atoms with Crippen molar-refractivity contribution in [1.82, 2.24) is 21.3 Å². The van der Waals surface area contributed by atoms with Crippen LogP contribution in [0.5, 0.6) is 0 Å². The van der Waals surface area contributed by atoms with Gasteiger partial charge in [-0.15, -0.1) is 0 Å². The van der Waals surface area contributed by atoms with Gasteiger partial charge in [0.25, 0.3) is 0 Å². The fourth-order valence-corrected chi connectivity index (χ4v) is 22.2. The number of carbonyl (C=O) groups is 8. The summed E-state index contributed by atoms with van der Waals surface area (Å²) >= 11 is 3.34. The van der Waals surface area contributed by atoms with E-state index in [9.17, 15) is 125 Å². The number of carbonyl (C=O) groups excluding carboxylic acids is 8. The minimum absolute atomic E-state index is 0. The van der Waals surface area contributed by atoms with Crippen molar-refractivity contribution in [3.05, 3.63) is 0 Å². The Bertz CT molecular complexity index is 4430. The molecule has 9 fully saturated rings. The summed E-state index contributed by atoms with van der Waals surface area (Å²) in [5.74, 6) is -8.98. The standard InChI is InChI=1S/2C24H43NO11.C23H40BrNO10.C23H41NO11.C3H6O.4CH4/c2*1-13-20(5,30)23(8,31)24(9,22(7,34-13)16(28)29)36-17-19(4,25-14(2)26)21(6,33-11)15(27)18(3,35-17)12-32-10;1-12-19(5,30)22(8,31)23(9,21(7,33-12)15(28)29)35-16-18(4,25-13(2)26)20(6,32-10)14(27)17(3,11-24)34-16;1-12-19(5,30)22(8,31)23(9,21(7,33-12)15(28)29)35-16-18(4,24-13(2)26)20(6,32-10)14(27)17(3,11-25)34-16;1-3-2-4-3;;;;/h2*13,15,17,27,30-31H,12H2,1-11H3,(H,25,26)(H,28,29);12,14,16,27,30-31H,11H2,1-10H3,(H,25,26)(H,28,29);12,14,16,25,27,30-31H,11H2,1-10H3,(H,24,26)(H,28,29);3H,2H2,1H3;4*1H4/p-4. The van der Waals surface area contributed by atoms with E-state index < -0.39 is 285 Å². The van der Waals surface area contributed by atoms with E-state index in [-0.39, 0.29) is 48.3 Å². The van der Waals surface area contributed by atoms with Crippen LogP contribution >= 0.6 is 15.9 Å². The van der Waals surface area contributed by atoms with Gasteiger partial charge in [-0.2, -0.15) is 0 Å². The van der Waals surface area contributed by atoms with Crippen molar-refractivity contribution in [3.63, 3.8) is 0 Å². The number of carboxylic acid groups (broad SMARTS) is 4. The van der Waals surface area contributed by atoms with E-state index in [4.69, 9.17) is 90.0 Å². The lowest BCUT2D eigenvalue weighted by Gasteiger charge is -2.66. The number of ether oxygens (including phenoxy) is 19. The second-order valence-corrected chi connectivity index (χ2v) is 46.1. The van der Waals surface area contributed by atoms with Gasteiger partial charge in [-0.05, 0) is 228 Å². The van der Waals surface area contributed by atoms with E-state index in [1.807, 2.05) is 0 Å². The summed E-state index contributed by atoms with van der Waals surface area (Å²) in [4.78, 5) is 99.0. The first-order valence-electron chi connectivity index (χ1n) is 47.8. The fraction of sp³-hybridized carbons (Fsp3) is 0.921. The Labute approximate surface area is 892 Å². The van der Waals surface area contributed by atoms with E-state index in [1.54, 1.807) is 13.8 Å². The van der Waals surface area contributed by atoms with Crippen molar-refractivity contribution in [2.24, 2.45) is 0 Å². The lowest BCUT2D eigenvalue weighted by Crippen LogP contribution is -2.87. The average Bonchev–Trinajstić information content (AvgIpc) is 0.729. The molecule has 884 valence electrons. The molecular formula is C101H185BrN4O44-4. The molecule has 9 heterocycles. The predicted octanol–water partition coefficient (Wildman–Crippen LogP) is -2.50. The molecule has 0 radical (unpaired) electrons. The molecule has 48 nitrogen and oxygen atoms in total. The molecule has 9 aliphatic rings. The van der Waals surface area contributed by atoms with Crippen LogP contribution in [0.1, 0.15) is 286 Å². The molecule has 0 aromatic carbocycles. The summed E-state index contributed by atoms with van der Waals surface area (Å²) < 4.78 is 111. The van der Waals surface area contributed by atoms with Gasteiger partial charge in [0.05, 0.1) is 80.8 Å². The summed E-state index contributed by atoms with van der Waals surface area (Å²) in [5.41, 5.74) is -54.4. The van der Waals surface area contributed by atoms with Crippen LogP contribution < -0.4 is 41.7 Å². The van der Waals surface area contributed by atoms with Crippen LogP contribution in [-0.2, 0) is 128 Å². The highest BCUT2D eigenvalue weighted by Crippen LogP contribution is 2.62. The lowest BCUT2D eigenvalue weighted by atomic mass is 9.61. The first-order valence-corrected chi connectivity index (χ1v) is 48.9. The second-order valence-electron chi connectivity index (χ2n) is 45.5. The molecule has 49 heteroatoms. The largest absolute Gasteiger partial charge is 0.547 e. The number of hydrogen-bond acceptors (Lipinski definition) is 44. The molecule has 150 heavy (non-hydrogen) atoms. The third kappa shape index (κ3) is 21.3. The third-order valence-corrected chi connectivity index (χ3v) is 37.5. The number of methoxy groups -OCH3 is 6. The summed E-state index contributed by atoms with van der Waals surface area (Å²) in [5, 5.41) is 208. The maximum absolute atomic E-state index is 12.5. The normalized spacial score (nSPS) is 50.4. The summed E-state index contributed by atoms with van der Waals surface area (Å²) in [7, 11) is 8.09. The van der Waals surface area contributed by atoms with Crippen LogP contribution in [0.2, 0.25) is 0 Å². The monoisotopic (exact) mass is 2240 g/mol. The molecule has 4 amide bonds. The molecule has 9 saturated heterocycles. The SMILES string of the molecule is C.C.C.C.CC1CO1.COC1(C)C(O)C(C)(CBr)OC(OC2(C)C(C)(C(=O)[O-])OC(C)C(C)(O)C2(C)O)C1(C)NC(C)=O.COC1(C)C(O)C(C)(CO)OC(OC2(C)C(C)(C(=O)[O-])OC(C)C(C)(O)C2(C)O)C1(C)NC(C)=O.COCC1(C)OC(OC2(C)C(C)(C(=O)[O-])OC(C)C(C)(O)C2(C)O)C(C)(NC(C)=O)C(C)(OC)C1O.COCC1(C)OC(OC2(C)C(C)(C(=O)[O-])OC(C)C(C)(O)C2(C)O)C(C)(NC(C)=O)C(C)(OC)C1O. The van der Waals surface area contributed by atoms with Gasteiger partial charge in [0.1, 0.15) is 181 Å². The van der Waals surface area contributed by atoms with Crippen molar-refractivity contribution >= 4 is 63.4 Å². The maximum Gasteiger partial charge on any atom is 0.217 e. The number of nitrogens with one attached hydrogen (secondary N) is 4. The van der Waals surface area contributed by atoms with Crippen molar-refractivity contribution in [1.29, 1.82) is 0 Å². The molecular weight excluding hydrogens is 2050 g/mol. The summed E-state index contributed by atoms with van der Waals surface area (Å²) in [6, 6.07) is 0. The van der Waals surface area contributed by atoms with Crippen LogP contribution in [0.25, 0.3) is 0 Å². The molecule has 0 aliphatic carbocycles. The first-order chi connectivity index (χ1) is 65.2. The zero-order chi connectivity index (χ0) is 115. The predicted molar refractivity (Wildman–Crippen MR) is 533 cm³/mol. The smallest absolute Gasteiger partial charge is 0.217 e. The van der Waals surface area contributed by atoms with Crippen molar-refractivity contribution in [3.8, 4) is 0 Å². The molecule has 0 saturated carbocycles. The van der Waals surface area contributed by atoms with Crippen molar-refractivity contribution < 1.29 is 215 Å². The fourth-order valence-electron chi connectivity index (χ4n) is 21.7. The Morgan fingerprint density at radius 1 is 0.313 bits per heavy atom. The molecule has 0 aromatic heterocycles. The first kappa shape index (κ1) is 143. The van der Waals surface area contributed by atoms with Gasteiger partial charge in [-0.1, -0.05) is 45.6 Å². The van der Waals surface area contributed by atoms with E-state index in [0.717, 1.165) is 13.5 Å². The number of amides is 4. The van der Waals surface area contributed by atoms with Gasteiger partial charge in [-0.3, -0.25) is 19.2 Å². The minimum Gasteiger partial charge on any atom is -0.547 e. The second kappa shape index (κ2) is 45.6. The van der Waals surface area contributed by atoms with Gasteiger partial charge in [-0.25, -0.2) is 0 Å². The Morgan fingerprint density at radius 2 is 0.473 bits per heavy atom. The summed E-state index contributed by atoms with van der Waals surface area (Å²) in [6.07, 6.45) is -15.9. The van der Waals surface area contributed by atoms with Crippen molar-refractivity contribution in [2.45, 2.75) is 523 Å². The van der Waals surface area contributed by atoms with Crippen molar-refractivity contribution in [2.75, 3.05) is 74.4 Å². The molecule has 0 bridgehead atoms. The molecule has 9 rings (SSSR count). The van der Waals surface area contributed by atoms with E-state index in [2.05, 4.69) is 44.1 Å². The zero-order valence-corrected chi connectivity index (χ0v) is 94.5. The number of aliphatic hydroxyl groups is 13. The number of rotatable bonds is 26. The number of carboxylic acids is 4. The van der Waals surface area contributed by atoms with Crippen LogP contribution in [0, 0.1) is 0 Å². The highest BCUT2D eigenvalue weighted by molar-refractivity contribution is 9.09. The average molecular weight is 2240 g/mol. The molecule has 17 N–H and O–H groups in total. The molecule has 9 aliphatic heterocycles. The van der Waals surface area contributed by atoms with Gasteiger partial charge in [0, 0.05) is 75.7 Å². The topological polar surface area (TPSA) is 719 Å². The minimum atomic E-state index is -2.34. The number of hydrogen-bond donors (Lipinski definition) is 17. The van der Waals surface area contributed by atoms with Crippen LogP contribution in [0.15, 0.2) is 0 Å². The lowest BCUT2D eigenvalue weighted by molar-refractivity contribution is -0.441. The number of epoxide rings is 1. The number of alkyl halides is 1. The van der Waals surface area contributed by atoms with E-state index >= 15 is 0 Å². The highest BCUT2D eigenvalue weighted by atomic mass is 79.9. The maximum atomic E-state index is 12.5. The Kier molecular flexibility index (Phi) is 43.5. The quantitative estimate of drug-likeness (QED) is 0.0314. The van der Waals surface area contributed by atoms with Crippen LogP contribution in [-0.4, -0.2) is 425 Å². The molecule has 41 atom stereocenters. The Balaban J connectivity index is 0.000000977. The number of aliphatic hydroxyl groups excluding tert-OH is 5. The highest BCUT2D eigenvalue weighted by Gasteiger charge is 2.82. The number of aliphatic carboxylic acids is 4. The van der Waals surface area contributed by atoms with Crippen LogP contribution in [0.4, 0.5) is 0 Å². The van der Waals surface area contributed by atoms with Gasteiger partial charge in [0.15, 0.2) is 25.2 Å². The van der Waals surface area contributed by atoms with Gasteiger partial charge >= 0.3 is 0 Å². The molecule has 41 unspecified atom stereocenters. The zero-order valence-electron chi connectivity index (χ0n) is 92.9. The third-order valence-electron chi connectivity index (χ3n) is 36.3. The Hall–Kier alpha value is -5.04. The van der Waals surface area contributed by atoms with Gasteiger partial charge in [0.2, 0.25) is 23.6 Å². The summed E-state index contributed by atoms with van der Waals surface area (Å²) in [6.45, 7) is 50.4. The van der Waals surface area contributed by atoms with E-state index in [0.29, 0.717) is 6.10 Å². The number of halogens is 1.